The fourth-order valence-electron chi connectivity index (χ4n) is 2.30. The maximum Gasteiger partial charge on any atom is 0.412 e. The van der Waals surface area contributed by atoms with Crippen LogP contribution in [0.15, 0.2) is 11.1 Å². The molecule has 0 aliphatic carbocycles. The van der Waals surface area contributed by atoms with Crippen LogP contribution in [0, 0.1) is 0 Å². The second-order valence-electron chi connectivity index (χ2n) is 5.21. The van der Waals surface area contributed by atoms with E-state index in [-0.39, 0.29) is 6.04 Å². The van der Waals surface area contributed by atoms with E-state index in [9.17, 15) is 4.79 Å². The molecule has 4 N–H and O–H groups in total. The number of pyridine rings is 1. The molecule has 0 bridgehead atoms. The van der Waals surface area contributed by atoms with Crippen LogP contribution in [0.2, 0.25) is 0 Å². The van der Waals surface area contributed by atoms with E-state index in [0.717, 1.165) is 25.0 Å². The van der Waals surface area contributed by atoms with E-state index >= 15 is 0 Å². The number of hydrogen-bond acceptors (Lipinski definition) is 6. The summed E-state index contributed by atoms with van der Waals surface area (Å²) in [6, 6.07) is 1.83. The van der Waals surface area contributed by atoms with Crippen LogP contribution in [0.5, 0.6) is 0 Å². The number of aromatic nitrogens is 1. The van der Waals surface area contributed by atoms with Gasteiger partial charge in [0.2, 0.25) is 0 Å². The van der Waals surface area contributed by atoms with E-state index in [1.165, 1.54) is 0 Å². The summed E-state index contributed by atoms with van der Waals surface area (Å²) in [6.07, 6.45) is 2.59. The van der Waals surface area contributed by atoms with Crippen LogP contribution < -0.4 is 16.4 Å². The molecule has 0 fully saturated rings. The third kappa shape index (κ3) is 3.66. The smallest absolute Gasteiger partial charge is 0.412 e. The van der Waals surface area contributed by atoms with Crippen LogP contribution >= 0.6 is 0 Å². The first kappa shape index (κ1) is 16.1. The molecule has 0 aromatic carbocycles. The fourth-order valence-corrected chi connectivity index (χ4v) is 2.30. The summed E-state index contributed by atoms with van der Waals surface area (Å²) in [6.45, 7) is 6.24. The van der Waals surface area contributed by atoms with Crippen molar-refractivity contribution in [3.05, 3.63) is 6.07 Å². The van der Waals surface area contributed by atoms with Crippen LogP contribution in [0.1, 0.15) is 40.0 Å². The van der Waals surface area contributed by atoms with E-state index in [1.54, 1.807) is 13.0 Å². The largest absolute Gasteiger partial charge is 0.450 e. The molecule has 7 nitrogen and oxygen atoms in total. The molecule has 0 radical (unpaired) electrons. The maximum atomic E-state index is 11.5. The lowest BCUT2D eigenvalue weighted by atomic mass is 10.0. The van der Waals surface area contributed by atoms with Crippen molar-refractivity contribution >= 4 is 34.8 Å². The van der Waals surface area contributed by atoms with Crippen LogP contribution in [0.3, 0.4) is 0 Å². The van der Waals surface area contributed by atoms with Gasteiger partial charge < -0.3 is 15.8 Å². The van der Waals surface area contributed by atoms with Gasteiger partial charge in [-0.15, -0.1) is 0 Å². The molecule has 2 heterocycles. The quantitative estimate of drug-likeness (QED) is 0.774. The Hall–Kier alpha value is -2.31. The van der Waals surface area contributed by atoms with Crippen LogP contribution in [-0.2, 0) is 4.74 Å². The molecule has 1 amide bonds. The number of ether oxygens (including phenoxy) is 1. The molecule has 1 aliphatic heterocycles. The number of aliphatic imine (C=N–C) groups is 1. The Balaban J connectivity index is 2.26. The number of nitrogens with two attached hydrogens (primary N) is 1. The van der Waals surface area contributed by atoms with Crippen molar-refractivity contribution in [3.8, 4) is 0 Å². The molecular weight excluding hydrogens is 282 g/mol. The van der Waals surface area contributed by atoms with E-state index in [1.807, 2.05) is 0 Å². The molecule has 1 atom stereocenters. The van der Waals surface area contributed by atoms with Crippen LogP contribution in [0.25, 0.3) is 0 Å². The number of amides is 1. The second-order valence-corrected chi connectivity index (χ2v) is 5.21. The first-order valence-electron chi connectivity index (χ1n) is 7.63. The highest BCUT2D eigenvalue weighted by Crippen LogP contribution is 2.36. The molecule has 1 aromatic rings. The van der Waals surface area contributed by atoms with E-state index < -0.39 is 6.09 Å². The molecule has 0 saturated heterocycles. The summed E-state index contributed by atoms with van der Waals surface area (Å²) in [5.74, 6) is 0.652. The van der Waals surface area contributed by atoms with Crippen LogP contribution in [0.4, 0.5) is 27.8 Å². The van der Waals surface area contributed by atoms with E-state index in [4.69, 9.17) is 10.5 Å². The highest BCUT2D eigenvalue weighted by atomic mass is 16.5. The number of fused-ring (bicyclic) bond motifs is 1. The summed E-state index contributed by atoms with van der Waals surface area (Å²) in [4.78, 5) is 20.3. The average molecular weight is 305 g/mol. The number of carbonyl (C=O) groups excluding carboxylic acids is 1. The second kappa shape index (κ2) is 7.11. The number of nitrogens with zero attached hydrogens (tertiary/aromatic N) is 2. The SMILES string of the molecule is CCCCC1=Nc2cc(NC(=O)OCC)nc(N)c2NC1C. The molecule has 7 heteroatoms. The summed E-state index contributed by atoms with van der Waals surface area (Å²) < 4.78 is 4.84. The van der Waals surface area contributed by atoms with Gasteiger partial charge in [-0.25, -0.2) is 9.78 Å². The predicted octanol–water partition coefficient (Wildman–Crippen LogP) is 3.31. The minimum atomic E-state index is -0.554. The van der Waals surface area contributed by atoms with Crippen molar-refractivity contribution in [2.24, 2.45) is 4.99 Å². The Morgan fingerprint density at radius 1 is 1.50 bits per heavy atom. The van der Waals surface area contributed by atoms with Gasteiger partial charge in [0, 0.05) is 11.8 Å². The van der Waals surface area contributed by atoms with Crippen molar-refractivity contribution < 1.29 is 9.53 Å². The summed E-state index contributed by atoms with van der Waals surface area (Å²) in [7, 11) is 0. The number of hydrogen-bond donors (Lipinski definition) is 3. The average Bonchev–Trinajstić information content (AvgIpc) is 2.46. The van der Waals surface area contributed by atoms with Gasteiger partial charge in [0.15, 0.2) is 5.82 Å². The van der Waals surface area contributed by atoms with Gasteiger partial charge in [0.25, 0.3) is 0 Å². The van der Waals surface area contributed by atoms with E-state index in [0.29, 0.717) is 29.6 Å². The Kier molecular flexibility index (Phi) is 5.19. The predicted molar refractivity (Wildman–Crippen MR) is 89.0 cm³/mol. The van der Waals surface area contributed by atoms with Crippen molar-refractivity contribution in [2.75, 3.05) is 23.0 Å². The Morgan fingerprint density at radius 2 is 2.27 bits per heavy atom. The van der Waals surface area contributed by atoms with Gasteiger partial charge in [-0.2, -0.15) is 0 Å². The Bertz CT molecular complexity index is 586. The number of nitrogens with one attached hydrogen (secondary N) is 2. The molecular formula is C15H23N5O2. The van der Waals surface area contributed by atoms with Crippen molar-refractivity contribution in [1.29, 1.82) is 0 Å². The lowest BCUT2D eigenvalue weighted by Gasteiger charge is -2.25. The van der Waals surface area contributed by atoms with Gasteiger partial charge in [0.1, 0.15) is 11.5 Å². The monoisotopic (exact) mass is 305 g/mol. The molecule has 2 rings (SSSR count). The third-order valence-electron chi connectivity index (χ3n) is 3.44. The van der Waals surface area contributed by atoms with Crippen LogP contribution in [-0.4, -0.2) is 29.4 Å². The van der Waals surface area contributed by atoms with Crippen molar-refractivity contribution in [2.45, 2.75) is 46.1 Å². The lowest BCUT2D eigenvalue weighted by molar-refractivity contribution is 0.168. The summed E-state index contributed by atoms with van der Waals surface area (Å²) in [5.41, 5.74) is 8.46. The lowest BCUT2D eigenvalue weighted by Crippen LogP contribution is -2.29. The summed E-state index contributed by atoms with van der Waals surface area (Å²) in [5, 5.41) is 5.88. The molecule has 0 saturated carbocycles. The number of anilines is 3. The molecule has 22 heavy (non-hydrogen) atoms. The standard InChI is InChI=1S/C15H23N5O2/c1-4-6-7-10-9(3)17-13-11(18-10)8-12(19-14(13)16)20-15(21)22-5-2/h8-9,17H,4-7H2,1-3H3,(H3,16,19,20,21). The van der Waals surface area contributed by atoms with Gasteiger partial charge in [0.05, 0.1) is 18.3 Å². The summed E-state index contributed by atoms with van der Waals surface area (Å²) >= 11 is 0. The molecule has 1 aliphatic rings. The first-order valence-corrected chi connectivity index (χ1v) is 7.63. The zero-order valence-corrected chi connectivity index (χ0v) is 13.3. The molecule has 120 valence electrons. The van der Waals surface area contributed by atoms with Gasteiger partial charge in [-0.1, -0.05) is 13.3 Å². The van der Waals surface area contributed by atoms with Gasteiger partial charge >= 0.3 is 6.09 Å². The van der Waals surface area contributed by atoms with Crippen molar-refractivity contribution in [3.63, 3.8) is 0 Å². The highest BCUT2D eigenvalue weighted by molar-refractivity contribution is 6.00. The minimum absolute atomic E-state index is 0.131. The molecule has 1 aromatic heterocycles. The maximum absolute atomic E-state index is 11.5. The Morgan fingerprint density at radius 3 is 2.95 bits per heavy atom. The third-order valence-corrected chi connectivity index (χ3v) is 3.44. The number of nitrogen functional groups attached to an aromatic ring is 1. The van der Waals surface area contributed by atoms with E-state index in [2.05, 4.69) is 34.5 Å². The zero-order valence-electron chi connectivity index (χ0n) is 13.3. The highest BCUT2D eigenvalue weighted by Gasteiger charge is 2.21. The van der Waals surface area contributed by atoms with Gasteiger partial charge in [-0.05, 0) is 26.7 Å². The van der Waals surface area contributed by atoms with Gasteiger partial charge in [-0.3, -0.25) is 10.3 Å². The Labute approximate surface area is 130 Å². The zero-order chi connectivity index (χ0) is 16.1. The normalized spacial score (nSPS) is 16.3. The first-order chi connectivity index (χ1) is 10.5. The number of carbonyl (C=O) groups is 1. The number of unbranched alkanes of at least 4 members (excludes halogenated alkanes) is 1. The topological polar surface area (TPSA) is 102 Å². The number of rotatable bonds is 5. The fraction of sp³-hybridized carbons (Fsp3) is 0.533. The molecule has 0 spiro atoms. The molecule has 1 unspecified atom stereocenters. The minimum Gasteiger partial charge on any atom is -0.450 e. The van der Waals surface area contributed by atoms with Crippen molar-refractivity contribution in [1.82, 2.24) is 4.98 Å².